The molecule has 3 rings (SSSR count). The van der Waals surface area contributed by atoms with E-state index in [1.807, 2.05) is 42.3 Å². The molecule has 2 unspecified atom stereocenters. The third kappa shape index (κ3) is 5.07. The minimum Gasteiger partial charge on any atom is -0.341 e. The third-order valence-electron chi connectivity index (χ3n) is 4.97. The lowest BCUT2D eigenvalue weighted by atomic mass is 9.96. The van der Waals surface area contributed by atoms with E-state index in [1.165, 1.54) is 16.0 Å². The van der Waals surface area contributed by atoms with Gasteiger partial charge < -0.3 is 9.80 Å². The van der Waals surface area contributed by atoms with Crippen LogP contribution in [0.4, 0.5) is 0 Å². The molecule has 0 bridgehead atoms. The number of halogens is 1. The lowest BCUT2D eigenvalue weighted by molar-refractivity contribution is -0.921. The second kappa shape index (κ2) is 8.50. The van der Waals surface area contributed by atoms with Gasteiger partial charge in [0.15, 0.2) is 0 Å². The van der Waals surface area contributed by atoms with Gasteiger partial charge in [-0.2, -0.15) is 0 Å². The number of nitrogens with one attached hydrogen (secondary N) is 1. The first kappa shape index (κ1) is 18.0. The molecule has 25 heavy (non-hydrogen) atoms. The van der Waals surface area contributed by atoms with Gasteiger partial charge in [0.1, 0.15) is 6.54 Å². The van der Waals surface area contributed by atoms with Crippen LogP contribution in [0.25, 0.3) is 0 Å². The number of carbonyl (C=O) groups is 1. The zero-order valence-corrected chi connectivity index (χ0v) is 15.5. The summed E-state index contributed by atoms with van der Waals surface area (Å²) in [6, 6.07) is 18.2. The highest BCUT2D eigenvalue weighted by molar-refractivity contribution is 6.30. The summed E-state index contributed by atoms with van der Waals surface area (Å²) in [6.45, 7) is 3.70. The van der Waals surface area contributed by atoms with Crippen molar-refractivity contribution in [3.8, 4) is 0 Å². The molecule has 1 saturated heterocycles. The topological polar surface area (TPSA) is 24.8 Å². The maximum Gasteiger partial charge on any atom is 0.231 e. The summed E-state index contributed by atoms with van der Waals surface area (Å²) in [6.07, 6.45) is 2.11. The van der Waals surface area contributed by atoms with Gasteiger partial charge in [0, 0.05) is 24.2 Å². The zero-order chi connectivity index (χ0) is 17.6. The molecule has 4 heteroatoms. The first-order chi connectivity index (χ1) is 12.1. The van der Waals surface area contributed by atoms with Crippen LogP contribution in [0.15, 0.2) is 54.6 Å². The number of quaternary nitrogens is 1. The summed E-state index contributed by atoms with van der Waals surface area (Å²) in [5, 5.41) is 0.771. The van der Waals surface area contributed by atoms with E-state index in [-0.39, 0.29) is 11.8 Å². The molecule has 0 aromatic heterocycles. The Morgan fingerprint density at radius 1 is 1.12 bits per heavy atom. The molecule has 0 spiro atoms. The van der Waals surface area contributed by atoms with Crippen molar-refractivity contribution in [3.63, 3.8) is 0 Å². The van der Waals surface area contributed by atoms with E-state index in [0.717, 1.165) is 37.5 Å². The van der Waals surface area contributed by atoms with Crippen LogP contribution in [-0.2, 0) is 17.9 Å². The second-order valence-corrected chi connectivity index (χ2v) is 7.46. The predicted octanol–water partition coefficient (Wildman–Crippen LogP) is 2.79. The maximum atomic E-state index is 12.8. The van der Waals surface area contributed by atoms with Crippen LogP contribution < -0.4 is 4.90 Å². The molecule has 0 radical (unpaired) electrons. The van der Waals surface area contributed by atoms with Gasteiger partial charge in [-0.15, -0.1) is 0 Å². The SMILES string of the molecule is CN(Cc1ccccc1)C(=O)C1CCC[NH+](Cc2ccc(Cl)cc2)C1. The number of amides is 1. The van der Waals surface area contributed by atoms with Gasteiger partial charge in [-0.25, -0.2) is 0 Å². The Morgan fingerprint density at radius 3 is 2.56 bits per heavy atom. The Balaban J connectivity index is 1.56. The third-order valence-corrected chi connectivity index (χ3v) is 5.23. The first-order valence-corrected chi connectivity index (χ1v) is 9.36. The summed E-state index contributed by atoms with van der Waals surface area (Å²) in [5.74, 6) is 0.405. The van der Waals surface area contributed by atoms with Crippen molar-refractivity contribution in [1.29, 1.82) is 0 Å². The van der Waals surface area contributed by atoms with Crippen LogP contribution in [-0.4, -0.2) is 30.9 Å². The van der Waals surface area contributed by atoms with Gasteiger partial charge in [-0.1, -0.05) is 54.1 Å². The van der Waals surface area contributed by atoms with E-state index < -0.39 is 0 Å². The van der Waals surface area contributed by atoms with E-state index in [1.54, 1.807) is 0 Å². The smallest absolute Gasteiger partial charge is 0.231 e. The average molecular weight is 358 g/mol. The Morgan fingerprint density at radius 2 is 1.84 bits per heavy atom. The number of rotatable bonds is 5. The minimum absolute atomic E-state index is 0.129. The van der Waals surface area contributed by atoms with Crippen molar-refractivity contribution in [2.45, 2.75) is 25.9 Å². The largest absolute Gasteiger partial charge is 0.341 e. The molecule has 1 fully saturated rings. The number of hydrogen-bond acceptors (Lipinski definition) is 1. The fourth-order valence-electron chi connectivity index (χ4n) is 3.66. The molecule has 132 valence electrons. The van der Waals surface area contributed by atoms with Gasteiger partial charge >= 0.3 is 0 Å². The second-order valence-electron chi connectivity index (χ2n) is 7.03. The lowest BCUT2D eigenvalue weighted by Gasteiger charge is -2.31. The van der Waals surface area contributed by atoms with Crippen LogP contribution in [0.1, 0.15) is 24.0 Å². The summed E-state index contributed by atoms with van der Waals surface area (Å²) in [4.78, 5) is 16.2. The highest BCUT2D eigenvalue weighted by Gasteiger charge is 2.30. The predicted molar refractivity (Wildman–Crippen MR) is 101 cm³/mol. The van der Waals surface area contributed by atoms with Gasteiger partial charge in [-0.3, -0.25) is 4.79 Å². The molecule has 1 aliphatic rings. The number of hydrogen-bond donors (Lipinski definition) is 1. The Kier molecular flexibility index (Phi) is 6.11. The number of carbonyl (C=O) groups excluding carboxylic acids is 1. The van der Waals surface area contributed by atoms with Gasteiger partial charge in [-0.05, 0) is 30.5 Å². The van der Waals surface area contributed by atoms with E-state index in [4.69, 9.17) is 11.6 Å². The van der Waals surface area contributed by atoms with Crippen molar-refractivity contribution in [2.75, 3.05) is 20.1 Å². The molecule has 1 heterocycles. The lowest BCUT2D eigenvalue weighted by Crippen LogP contribution is -3.12. The fourth-order valence-corrected chi connectivity index (χ4v) is 3.79. The first-order valence-electron chi connectivity index (χ1n) is 8.99. The Labute approximate surface area is 155 Å². The van der Waals surface area contributed by atoms with Gasteiger partial charge in [0.25, 0.3) is 0 Å². The molecular formula is C21H26ClN2O+. The molecule has 3 nitrogen and oxygen atoms in total. The molecule has 1 aliphatic heterocycles. The highest BCUT2D eigenvalue weighted by Crippen LogP contribution is 2.14. The quantitative estimate of drug-likeness (QED) is 0.874. The van der Waals surface area contributed by atoms with Crippen LogP contribution in [0.3, 0.4) is 0 Å². The zero-order valence-electron chi connectivity index (χ0n) is 14.7. The molecular weight excluding hydrogens is 332 g/mol. The summed E-state index contributed by atoms with van der Waals surface area (Å²) in [5.41, 5.74) is 2.46. The maximum absolute atomic E-state index is 12.8. The summed E-state index contributed by atoms with van der Waals surface area (Å²) >= 11 is 5.96. The molecule has 2 aromatic rings. The van der Waals surface area contributed by atoms with E-state index >= 15 is 0 Å². The Hall–Kier alpha value is -1.84. The summed E-state index contributed by atoms with van der Waals surface area (Å²) < 4.78 is 0. The molecule has 1 amide bonds. The average Bonchev–Trinajstić information content (AvgIpc) is 2.64. The fraction of sp³-hybridized carbons (Fsp3) is 0.381. The molecule has 0 aliphatic carbocycles. The monoisotopic (exact) mass is 357 g/mol. The van der Waals surface area contributed by atoms with Crippen molar-refractivity contribution in [2.24, 2.45) is 5.92 Å². The number of benzene rings is 2. The molecule has 1 N–H and O–H groups in total. The van der Waals surface area contributed by atoms with E-state index in [2.05, 4.69) is 24.3 Å². The van der Waals surface area contributed by atoms with E-state index in [9.17, 15) is 4.79 Å². The van der Waals surface area contributed by atoms with Crippen molar-refractivity contribution in [3.05, 3.63) is 70.7 Å². The van der Waals surface area contributed by atoms with E-state index in [0.29, 0.717) is 6.54 Å². The number of piperidine rings is 1. The standard InChI is InChI=1S/C21H25ClN2O/c1-23(14-17-6-3-2-4-7-17)21(25)19-8-5-13-24(16-19)15-18-9-11-20(22)12-10-18/h2-4,6-7,9-12,19H,5,8,13-16H2,1H3/p+1. The molecule has 0 saturated carbocycles. The van der Waals surface area contributed by atoms with Gasteiger partial charge in [0.2, 0.25) is 5.91 Å². The minimum atomic E-state index is 0.129. The normalized spacial score (nSPS) is 20.2. The van der Waals surface area contributed by atoms with Gasteiger partial charge in [0.05, 0.1) is 19.0 Å². The van der Waals surface area contributed by atoms with Crippen molar-refractivity contribution in [1.82, 2.24) is 4.90 Å². The number of likely N-dealkylation sites (tertiary alicyclic amines) is 1. The summed E-state index contributed by atoms with van der Waals surface area (Å²) in [7, 11) is 1.92. The van der Waals surface area contributed by atoms with Crippen LogP contribution >= 0.6 is 11.6 Å². The molecule has 2 aromatic carbocycles. The highest BCUT2D eigenvalue weighted by atomic mass is 35.5. The van der Waals surface area contributed by atoms with Crippen LogP contribution in [0, 0.1) is 5.92 Å². The van der Waals surface area contributed by atoms with Crippen LogP contribution in [0.5, 0.6) is 0 Å². The van der Waals surface area contributed by atoms with Crippen LogP contribution in [0.2, 0.25) is 5.02 Å². The molecule has 2 atom stereocenters. The van der Waals surface area contributed by atoms with Crippen molar-refractivity contribution >= 4 is 17.5 Å². The van der Waals surface area contributed by atoms with Crippen molar-refractivity contribution < 1.29 is 9.69 Å². The number of nitrogens with zero attached hydrogens (tertiary/aromatic N) is 1. The Bertz CT molecular complexity index is 687.